The van der Waals surface area contributed by atoms with Gasteiger partial charge in [-0.05, 0) is 38.0 Å². The Bertz CT molecular complexity index is 819. The Labute approximate surface area is 212 Å². The van der Waals surface area contributed by atoms with E-state index in [4.69, 9.17) is 9.47 Å². The van der Waals surface area contributed by atoms with Crippen molar-refractivity contribution in [1.29, 1.82) is 0 Å². The number of hydrogen-bond donors (Lipinski definition) is 4. The number of alkyl carbamates (subject to hydrolysis) is 1. The van der Waals surface area contributed by atoms with Crippen LogP contribution in [0, 0.1) is 5.92 Å². The predicted octanol–water partition coefficient (Wildman–Crippen LogP) is 1.09. The van der Waals surface area contributed by atoms with Gasteiger partial charge in [-0.3, -0.25) is 19.2 Å². The lowest BCUT2D eigenvalue weighted by Gasteiger charge is -2.38. The third-order valence-electron chi connectivity index (χ3n) is 7.23. The number of nitrogens with one attached hydrogen (secondary N) is 4. The highest BCUT2D eigenvalue weighted by molar-refractivity contribution is 6.39. The Balaban J connectivity index is 1.66. The average molecular weight is 509 g/mol. The lowest BCUT2D eigenvalue weighted by molar-refractivity contribution is -0.143. The minimum Gasteiger partial charge on any atom is -0.446 e. The van der Waals surface area contributed by atoms with Gasteiger partial charge in [0.2, 0.25) is 17.6 Å². The number of carbonyl (C=O) groups excluding carboxylic acids is 5. The molecule has 0 spiro atoms. The quantitative estimate of drug-likeness (QED) is 0.358. The summed E-state index contributed by atoms with van der Waals surface area (Å²) in [5.41, 5.74) is -1.22. The van der Waals surface area contributed by atoms with Crippen molar-refractivity contribution in [3.8, 4) is 0 Å². The van der Waals surface area contributed by atoms with Gasteiger partial charge in [0.15, 0.2) is 0 Å². The molecule has 0 bridgehead atoms. The molecule has 2 saturated heterocycles. The van der Waals surface area contributed by atoms with E-state index in [1.165, 1.54) is 0 Å². The molecule has 0 unspecified atom stereocenters. The van der Waals surface area contributed by atoms with Crippen LogP contribution < -0.4 is 21.3 Å². The second-order valence-corrected chi connectivity index (χ2v) is 10.4. The van der Waals surface area contributed by atoms with Crippen molar-refractivity contribution in [2.75, 3.05) is 19.8 Å². The molecule has 4 amide bonds. The van der Waals surface area contributed by atoms with E-state index in [1.807, 2.05) is 0 Å². The summed E-state index contributed by atoms with van der Waals surface area (Å²) < 4.78 is 10.8. The lowest BCUT2D eigenvalue weighted by atomic mass is 9.80. The van der Waals surface area contributed by atoms with E-state index in [-0.39, 0.29) is 17.9 Å². The van der Waals surface area contributed by atoms with Gasteiger partial charge in [0.1, 0.15) is 17.7 Å². The van der Waals surface area contributed by atoms with Crippen molar-refractivity contribution >= 4 is 29.6 Å². The highest BCUT2D eigenvalue weighted by atomic mass is 16.6. The standard InChI is InChI=1S/C25H40N4O7/c1-16(2)19(20(30)22(32)27-18-8-4-7-13-26-21(18)31)28-23(33)25(11-5-3-6-12-25)29-24(34)36-17-9-14-35-15-10-17/h16-19H,3-15H2,1-2H3,(H,26,31)(H,27,32)(H,28,33)(H,29,34)/t18-,19-/m0/s1. The zero-order valence-electron chi connectivity index (χ0n) is 21.4. The molecule has 36 heavy (non-hydrogen) atoms. The molecule has 11 heteroatoms. The Morgan fingerprint density at radius 1 is 1.00 bits per heavy atom. The van der Waals surface area contributed by atoms with Crippen LogP contribution in [0.2, 0.25) is 0 Å². The molecule has 0 radical (unpaired) electrons. The fraction of sp³-hybridized carbons (Fsp3) is 0.800. The van der Waals surface area contributed by atoms with Gasteiger partial charge in [-0.25, -0.2) is 4.79 Å². The number of rotatable bonds is 8. The molecule has 202 valence electrons. The van der Waals surface area contributed by atoms with Crippen LogP contribution >= 0.6 is 0 Å². The third kappa shape index (κ3) is 7.41. The van der Waals surface area contributed by atoms with Crippen LogP contribution in [-0.4, -0.2) is 73.1 Å². The smallest absolute Gasteiger partial charge is 0.408 e. The van der Waals surface area contributed by atoms with E-state index in [9.17, 15) is 24.0 Å². The molecule has 2 heterocycles. The van der Waals surface area contributed by atoms with E-state index in [0.29, 0.717) is 51.9 Å². The molecule has 1 saturated carbocycles. The summed E-state index contributed by atoms with van der Waals surface area (Å²) in [6.45, 7) is 5.04. The van der Waals surface area contributed by atoms with E-state index in [1.54, 1.807) is 13.8 Å². The van der Waals surface area contributed by atoms with Crippen molar-refractivity contribution in [1.82, 2.24) is 21.3 Å². The SMILES string of the molecule is CC(C)[C@H](NC(=O)C1(NC(=O)OC2CCOCC2)CCCCC1)C(=O)C(=O)N[C@H]1CCCCNC1=O. The van der Waals surface area contributed by atoms with E-state index in [0.717, 1.165) is 32.1 Å². The van der Waals surface area contributed by atoms with Crippen molar-refractivity contribution in [3.05, 3.63) is 0 Å². The fourth-order valence-corrected chi connectivity index (χ4v) is 5.00. The molecule has 0 aromatic carbocycles. The first-order valence-electron chi connectivity index (χ1n) is 13.2. The molecule has 3 fully saturated rings. The van der Waals surface area contributed by atoms with Gasteiger partial charge in [-0.2, -0.15) is 0 Å². The van der Waals surface area contributed by atoms with E-state index < -0.39 is 41.3 Å². The third-order valence-corrected chi connectivity index (χ3v) is 7.23. The van der Waals surface area contributed by atoms with Crippen molar-refractivity contribution in [3.63, 3.8) is 0 Å². The highest BCUT2D eigenvalue weighted by Crippen LogP contribution is 2.29. The number of ketones is 1. The minimum absolute atomic E-state index is 0.266. The maximum absolute atomic E-state index is 13.5. The number of Topliss-reactive ketones (excluding diaryl/α,β-unsaturated/α-hetero) is 1. The van der Waals surface area contributed by atoms with Gasteiger partial charge in [0, 0.05) is 19.4 Å². The van der Waals surface area contributed by atoms with Gasteiger partial charge in [-0.1, -0.05) is 33.1 Å². The Hall–Kier alpha value is -2.69. The van der Waals surface area contributed by atoms with Crippen LogP contribution in [0.25, 0.3) is 0 Å². The summed E-state index contributed by atoms with van der Waals surface area (Å²) in [5.74, 6) is -2.91. The van der Waals surface area contributed by atoms with Crippen LogP contribution in [0.3, 0.4) is 0 Å². The summed E-state index contributed by atoms with van der Waals surface area (Å²) >= 11 is 0. The Morgan fingerprint density at radius 3 is 2.36 bits per heavy atom. The van der Waals surface area contributed by atoms with Crippen LogP contribution in [-0.2, 0) is 28.7 Å². The summed E-state index contributed by atoms with van der Waals surface area (Å²) in [6.07, 6.45) is 5.52. The average Bonchev–Trinajstić information content (AvgIpc) is 3.06. The molecule has 3 aliphatic rings. The van der Waals surface area contributed by atoms with Crippen LogP contribution in [0.15, 0.2) is 0 Å². The van der Waals surface area contributed by atoms with Crippen molar-refractivity contribution in [2.24, 2.45) is 5.92 Å². The molecule has 0 aromatic heterocycles. The Morgan fingerprint density at radius 2 is 1.69 bits per heavy atom. The zero-order valence-corrected chi connectivity index (χ0v) is 21.4. The lowest BCUT2D eigenvalue weighted by Crippen LogP contribution is -2.64. The molecule has 1 aliphatic carbocycles. The topological polar surface area (TPSA) is 152 Å². The van der Waals surface area contributed by atoms with Gasteiger partial charge in [-0.15, -0.1) is 0 Å². The molecule has 0 aromatic rings. The van der Waals surface area contributed by atoms with E-state index >= 15 is 0 Å². The van der Waals surface area contributed by atoms with Gasteiger partial charge < -0.3 is 30.7 Å². The van der Waals surface area contributed by atoms with Crippen LogP contribution in [0.4, 0.5) is 4.79 Å². The molecular formula is C25H40N4O7. The molecule has 2 atom stereocenters. The predicted molar refractivity (Wildman–Crippen MR) is 130 cm³/mol. The second-order valence-electron chi connectivity index (χ2n) is 10.4. The fourth-order valence-electron chi connectivity index (χ4n) is 5.00. The summed E-state index contributed by atoms with van der Waals surface area (Å²) in [5, 5.41) is 10.8. The first-order valence-corrected chi connectivity index (χ1v) is 13.2. The molecular weight excluding hydrogens is 468 g/mol. The van der Waals surface area contributed by atoms with Crippen LogP contribution in [0.1, 0.15) is 78.1 Å². The molecule has 4 N–H and O–H groups in total. The van der Waals surface area contributed by atoms with Crippen molar-refractivity contribution in [2.45, 2.75) is 102 Å². The Kier molecular flexibility index (Phi) is 10.1. The minimum atomic E-state index is -1.22. The number of hydrogen-bond acceptors (Lipinski definition) is 7. The van der Waals surface area contributed by atoms with Gasteiger partial charge >= 0.3 is 6.09 Å². The van der Waals surface area contributed by atoms with Gasteiger partial charge in [0.05, 0.1) is 19.3 Å². The summed E-state index contributed by atoms with van der Waals surface area (Å²) in [7, 11) is 0. The first kappa shape index (κ1) is 27.9. The highest BCUT2D eigenvalue weighted by Gasteiger charge is 2.44. The van der Waals surface area contributed by atoms with Crippen molar-refractivity contribution < 1.29 is 33.4 Å². The number of amides is 4. The van der Waals surface area contributed by atoms with Gasteiger partial charge in [0.25, 0.3) is 5.91 Å². The monoisotopic (exact) mass is 508 g/mol. The maximum atomic E-state index is 13.5. The largest absolute Gasteiger partial charge is 0.446 e. The maximum Gasteiger partial charge on any atom is 0.408 e. The first-order chi connectivity index (χ1) is 17.2. The molecule has 2 aliphatic heterocycles. The van der Waals surface area contributed by atoms with Crippen LogP contribution in [0.5, 0.6) is 0 Å². The summed E-state index contributed by atoms with van der Waals surface area (Å²) in [4.78, 5) is 64.3. The van der Waals surface area contributed by atoms with E-state index in [2.05, 4.69) is 21.3 Å². The molecule has 3 rings (SSSR count). The normalized spacial score (nSPS) is 23.5. The number of ether oxygens (including phenoxy) is 2. The molecule has 11 nitrogen and oxygen atoms in total. The second kappa shape index (κ2) is 13.0. The zero-order chi connectivity index (χ0) is 26.1. The number of carbonyl (C=O) groups is 5. The summed E-state index contributed by atoms with van der Waals surface area (Å²) in [6, 6.07) is -1.88.